The molecule has 3 nitrogen and oxygen atoms in total. The number of ether oxygens (including phenoxy) is 1. The molecule has 0 aromatic heterocycles. The summed E-state index contributed by atoms with van der Waals surface area (Å²) in [6, 6.07) is 19.0. The highest BCUT2D eigenvalue weighted by Gasteiger charge is 2.34. The maximum absolute atomic E-state index is 12.3. The van der Waals surface area contributed by atoms with Crippen molar-refractivity contribution in [2.45, 2.75) is 18.9 Å². The molecule has 1 aliphatic rings. The molecule has 1 aliphatic heterocycles. The molecule has 3 rings (SSSR count). The van der Waals surface area contributed by atoms with Crippen LogP contribution in [0.1, 0.15) is 24.0 Å². The summed E-state index contributed by atoms with van der Waals surface area (Å²) < 4.78 is 5.42. The molecule has 2 aromatic rings. The minimum atomic E-state index is -0.330. The summed E-state index contributed by atoms with van der Waals surface area (Å²) in [7, 11) is 0. The van der Waals surface area contributed by atoms with Crippen LogP contribution in [0.25, 0.3) is 0 Å². The Morgan fingerprint density at radius 3 is 2.15 bits per heavy atom. The van der Waals surface area contributed by atoms with E-state index in [-0.39, 0.29) is 17.9 Å². The maximum Gasteiger partial charge on any atom is 0.322 e. The van der Waals surface area contributed by atoms with Crippen LogP contribution in [0.3, 0.4) is 0 Å². The van der Waals surface area contributed by atoms with E-state index in [1.165, 1.54) is 0 Å². The molecule has 0 amide bonds. The van der Waals surface area contributed by atoms with Gasteiger partial charge in [0, 0.05) is 5.56 Å². The Morgan fingerprint density at radius 1 is 0.950 bits per heavy atom. The number of carbonyl (C=O) groups is 1. The highest BCUT2D eigenvalue weighted by molar-refractivity contribution is 6.03. The first kappa shape index (κ1) is 12.6. The van der Waals surface area contributed by atoms with E-state index < -0.39 is 0 Å². The second-order valence-electron chi connectivity index (χ2n) is 4.85. The minimum absolute atomic E-state index is 0.131. The molecule has 0 bridgehead atoms. The van der Waals surface area contributed by atoms with Crippen molar-refractivity contribution in [3.8, 4) is 0 Å². The fraction of sp³-hybridized carbons (Fsp3) is 0.176. The van der Waals surface area contributed by atoms with Gasteiger partial charge in [0.2, 0.25) is 5.90 Å². The normalized spacial score (nSPS) is 22.1. The van der Waals surface area contributed by atoms with Crippen LogP contribution in [0.5, 0.6) is 0 Å². The quantitative estimate of drug-likeness (QED) is 0.782. The van der Waals surface area contributed by atoms with Crippen LogP contribution in [-0.4, -0.2) is 17.9 Å². The second-order valence-corrected chi connectivity index (χ2v) is 4.85. The molecule has 20 heavy (non-hydrogen) atoms. The van der Waals surface area contributed by atoms with E-state index in [2.05, 4.69) is 4.99 Å². The van der Waals surface area contributed by atoms with Gasteiger partial charge in [-0.15, -0.1) is 0 Å². The molecule has 100 valence electrons. The molecule has 2 atom stereocenters. The van der Waals surface area contributed by atoms with Gasteiger partial charge in [-0.2, -0.15) is 0 Å². The van der Waals surface area contributed by atoms with Crippen molar-refractivity contribution in [2.75, 3.05) is 0 Å². The van der Waals surface area contributed by atoms with Crippen LogP contribution in [-0.2, 0) is 9.53 Å². The van der Waals surface area contributed by atoms with Gasteiger partial charge >= 0.3 is 5.97 Å². The SMILES string of the molecule is C[C@H]1N=C(c2ccccc2)OC(=O)[C@H]1c1ccccc1. The van der Waals surface area contributed by atoms with Crippen molar-refractivity contribution in [1.29, 1.82) is 0 Å². The minimum Gasteiger partial charge on any atom is -0.407 e. The Labute approximate surface area is 117 Å². The highest BCUT2D eigenvalue weighted by Crippen LogP contribution is 2.28. The van der Waals surface area contributed by atoms with Crippen LogP contribution in [0.15, 0.2) is 65.7 Å². The molecule has 0 unspecified atom stereocenters. The lowest BCUT2D eigenvalue weighted by molar-refractivity contribution is -0.138. The third kappa shape index (κ3) is 2.35. The van der Waals surface area contributed by atoms with Crippen molar-refractivity contribution in [2.24, 2.45) is 4.99 Å². The number of hydrogen-bond donors (Lipinski definition) is 0. The molecule has 0 aliphatic carbocycles. The predicted octanol–water partition coefficient (Wildman–Crippen LogP) is 3.16. The highest BCUT2D eigenvalue weighted by atomic mass is 16.5. The smallest absolute Gasteiger partial charge is 0.322 e. The van der Waals surface area contributed by atoms with Crippen molar-refractivity contribution >= 4 is 11.9 Å². The molecule has 0 saturated carbocycles. The van der Waals surface area contributed by atoms with Gasteiger partial charge in [-0.05, 0) is 24.6 Å². The number of nitrogens with zero attached hydrogens (tertiary/aromatic N) is 1. The topological polar surface area (TPSA) is 38.7 Å². The average molecular weight is 265 g/mol. The third-order valence-electron chi connectivity index (χ3n) is 3.43. The Hall–Kier alpha value is -2.42. The molecule has 1 heterocycles. The molecule has 0 saturated heterocycles. The Kier molecular flexibility index (Phi) is 3.33. The first-order chi connectivity index (χ1) is 9.75. The number of rotatable bonds is 2. The van der Waals surface area contributed by atoms with Crippen LogP contribution in [0.2, 0.25) is 0 Å². The van der Waals surface area contributed by atoms with Gasteiger partial charge in [-0.3, -0.25) is 4.79 Å². The summed E-state index contributed by atoms with van der Waals surface area (Å²) in [6.45, 7) is 1.95. The van der Waals surface area contributed by atoms with Crippen LogP contribution >= 0.6 is 0 Å². The third-order valence-corrected chi connectivity index (χ3v) is 3.43. The summed E-state index contributed by atoms with van der Waals surface area (Å²) in [5, 5.41) is 0. The number of aliphatic imine (C=N–C) groups is 1. The van der Waals surface area contributed by atoms with E-state index in [1.807, 2.05) is 67.6 Å². The van der Waals surface area contributed by atoms with Gasteiger partial charge in [0.15, 0.2) is 0 Å². The largest absolute Gasteiger partial charge is 0.407 e. The number of cyclic esters (lactones) is 1. The van der Waals surface area contributed by atoms with E-state index in [0.717, 1.165) is 11.1 Å². The summed E-state index contributed by atoms with van der Waals surface area (Å²) in [6.07, 6.45) is 0. The van der Waals surface area contributed by atoms with E-state index in [0.29, 0.717) is 5.90 Å². The fourth-order valence-corrected chi connectivity index (χ4v) is 2.43. The molecule has 0 fully saturated rings. The van der Waals surface area contributed by atoms with E-state index >= 15 is 0 Å². The van der Waals surface area contributed by atoms with Crippen molar-refractivity contribution in [1.82, 2.24) is 0 Å². The van der Waals surface area contributed by atoms with Crippen molar-refractivity contribution in [3.05, 3.63) is 71.8 Å². The van der Waals surface area contributed by atoms with Gasteiger partial charge in [-0.25, -0.2) is 4.99 Å². The zero-order valence-electron chi connectivity index (χ0n) is 11.2. The fourth-order valence-electron chi connectivity index (χ4n) is 2.43. The van der Waals surface area contributed by atoms with E-state index in [9.17, 15) is 4.79 Å². The lowest BCUT2D eigenvalue weighted by Crippen LogP contribution is -2.33. The molecule has 0 N–H and O–H groups in total. The van der Waals surface area contributed by atoms with Crippen LogP contribution in [0, 0.1) is 0 Å². The van der Waals surface area contributed by atoms with Gasteiger partial charge in [-0.1, -0.05) is 48.5 Å². The standard InChI is InChI=1S/C17H15NO2/c1-12-15(13-8-4-2-5-9-13)17(19)20-16(18-12)14-10-6-3-7-11-14/h2-12,15H,1H3/t12-,15-/m1/s1. The number of esters is 1. The summed E-state index contributed by atoms with van der Waals surface area (Å²) in [4.78, 5) is 16.8. The first-order valence-electron chi connectivity index (χ1n) is 6.65. The van der Waals surface area contributed by atoms with Crippen LogP contribution < -0.4 is 0 Å². The second kappa shape index (κ2) is 5.29. The summed E-state index contributed by atoms with van der Waals surface area (Å²) in [5.41, 5.74) is 1.78. The Balaban J connectivity index is 1.93. The molecule has 2 aromatic carbocycles. The van der Waals surface area contributed by atoms with Crippen LogP contribution in [0.4, 0.5) is 0 Å². The molecule has 0 radical (unpaired) electrons. The van der Waals surface area contributed by atoms with Gasteiger partial charge in [0.1, 0.15) is 5.92 Å². The lowest BCUT2D eigenvalue weighted by Gasteiger charge is -2.25. The van der Waals surface area contributed by atoms with E-state index in [4.69, 9.17) is 4.74 Å². The first-order valence-corrected chi connectivity index (χ1v) is 6.65. The Bertz CT molecular complexity index is 635. The van der Waals surface area contributed by atoms with Gasteiger partial charge < -0.3 is 4.74 Å². The van der Waals surface area contributed by atoms with Gasteiger partial charge in [0.25, 0.3) is 0 Å². The monoisotopic (exact) mass is 265 g/mol. The molecular weight excluding hydrogens is 250 g/mol. The number of benzene rings is 2. The maximum atomic E-state index is 12.3. The van der Waals surface area contributed by atoms with Gasteiger partial charge in [0.05, 0.1) is 6.04 Å². The van der Waals surface area contributed by atoms with E-state index in [1.54, 1.807) is 0 Å². The number of hydrogen-bond acceptors (Lipinski definition) is 3. The summed E-state index contributed by atoms with van der Waals surface area (Å²) >= 11 is 0. The summed E-state index contributed by atoms with van der Waals surface area (Å²) in [5.74, 6) is -0.156. The zero-order chi connectivity index (χ0) is 13.9. The lowest BCUT2D eigenvalue weighted by atomic mass is 9.92. The molecule has 3 heteroatoms. The Morgan fingerprint density at radius 2 is 1.55 bits per heavy atom. The molecule has 0 spiro atoms. The average Bonchev–Trinajstić information content (AvgIpc) is 2.48. The number of carbonyl (C=O) groups excluding carboxylic acids is 1. The van der Waals surface area contributed by atoms with Crippen molar-refractivity contribution in [3.63, 3.8) is 0 Å². The molecular formula is C17H15NO2. The predicted molar refractivity (Wildman–Crippen MR) is 77.7 cm³/mol. The van der Waals surface area contributed by atoms with Crippen molar-refractivity contribution < 1.29 is 9.53 Å². The zero-order valence-corrected chi connectivity index (χ0v) is 11.2.